The third-order valence-corrected chi connectivity index (χ3v) is 2.35. The van der Waals surface area contributed by atoms with Crippen LogP contribution in [0.5, 0.6) is 0 Å². The molecule has 20 heavy (non-hydrogen) atoms. The summed E-state index contributed by atoms with van der Waals surface area (Å²) in [5.41, 5.74) is 0.617. The summed E-state index contributed by atoms with van der Waals surface area (Å²) in [7, 11) is 0. The number of alkyl halides is 3. The average Bonchev–Trinajstić information content (AvgIpc) is 2.35. The van der Waals surface area contributed by atoms with Crippen LogP contribution in [0, 0.1) is 0 Å². The van der Waals surface area contributed by atoms with Crippen LogP contribution in [0.15, 0.2) is 30.3 Å². The van der Waals surface area contributed by atoms with Crippen molar-refractivity contribution in [3.8, 4) is 0 Å². The fraction of sp³-hybridized carbons (Fsp3) is 0.385. The van der Waals surface area contributed by atoms with Crippen molar-refractivity contribution < 1.29 is 27.5 Å². The van der Waals surface area contributed by atoms with E-state index in [0.717, 1.165) is 0 Å². The van der Waals surface area contributed by atoms with Crippen molar-refractivity contribution in [2.45, 2.75) is 25.6 Å². The first kappa shape index (κ1) is 16.0. The lowest BCUT2D eigenvalue weighted by Gasteiger charge is -2.18. The standard InChI is InChI=1S/C13H14F3NO3/c1-9(18)17-11(10-5-3-2-4-6-10)7-12(19)20-8-13(14,15)16/h2-6,11H,7-8H2,1H3,(H,17,18)/t11-/m1/s1. The Morgan fingerprint density at radius 2 is 1.85 bits per heavy atom. The van der Waals surface area contributed by atoms with Crippen LogP contribution in [-0.2, 0) is 14.3 Å². The predicted molar refractivity (Wildman–Crippen MR) is 64.6 cm³/mol. The van der Waals surface area contributed by atoms with E-state index in [-0.39, 0.29) is 12.3 Å². The van der Waals surface area contributed by atoms with Crippen molar-refractivity contribution in [3.05, 3.63) is 35.9 Å². The van der Waals surface area contributed by atoms with Crippen LogP contribution in [0.3, 0.4) is 0 Å². The molecule has 1 aromatic carbocycles. The molecule has 110 valence electrons. The molecule has 0 aliphatic heterocycles. The molecule has 1 atom stereocenters. The zero-order valence-corrected chi connectivity index (χ0v) is 10.7. The summed E-state index contributed by atoms with van der Waals surface area (Å²) in [6.45, 7) is -0.371. The van der Waals surface area contributed by atoms with Gasteiger partial charge in [0, 0.05) is 6.92 Å². The minimum atomic E-state index is -4.56. The number of halogens is 3. The largest absolute Gasteiger partial charge is 0.456 e. The van der Waals surface area contributed by atoms with Gasteiger partial charge >= 0.3 is 12.1 Å². The second-order valence-electron chi connectivity index (χ2n) is 4.14. The molecule has 0 aliphatic rings. The fourth-order valence-corrected chi connectivity index (χ4v) is 1.57. The van der Waals surface area contributed by atoms with E-state index in [1.165, 1.54) is 6.92 Å². The third kappa shape index (κ3) is 6.21. The van der Waals surface area contributed by atoms with Crippen molar-refractivity contribution in [1.82, 2.24) is 5.32 Å². The van der Waals surface area contributed by atoms with Gasteiger partial charge in [0.25, 0.3) is 0 Å². The smallest absolute Gasteiger partial charge is 0.422 e. The van der Waals surface area contributed by atoms with Gasteiger partial charge in [0.2, 0.25) is 5.91 Å². The third-order valence-electron chi connectivity index (χ3n) is 2.35. The fourth-order valence-electron chi connectivity index (χ4n) is 1.57. The molecule has 0 heterocycles. The molecule has 0 unspecified atom stereocenters. The normalized spacial score (nSPS) is 12.6. The van der Waals surface area contributed by atoms with Gasteiger partial charge in [-0.15, -0.1) is 0 Å². The number of nitrogens with one attached hydrogen (secondary N) is 1. The Morgan fingerprint density at radius 1 is 1.25 bits per heavy atom. The summed E-state index contributed by atoms with van der Waals surface area (Å²) < 4.78 is 39.9. The Bertz CT molecular complexity index is 460. The maximum Gasteiger partial charge on any atom is 0.422 e. The lowest BCUT2D eigenvalue weighted by atomic mass is 10.0. The minimum absolute atomic E-state index is 0.361. The molecule has 1 N–H and O–H groups in total. The zero-order chi connectivity index (χ0) is 15.2. The maximum atomic E-state index is 11.9. The number of carbonyl (C=O) groups is 2. The van der Waals surface area contributed by atoms with E-state index in [9.17, 15) is 22.8 Å². The molecule has 1 rings (SSSR count). The number of benzene rings is 1. The van der Waals surface area contributed by atoms with Gasteiger partial charge in [0.05, 0.1) is 12.5 Å². The first-order valence-electron chi connectivity index (χ1n) is 5.82. The highest BCUT2D eigenvalue weighted by Gasteiger charge is 2.30. The number of hydrogen-bond acceptors (Lipinski definition) is 3. The van der Waals surface area contributed by atoms with Gasteiger partial charge in [-0.1, -0.05) is 30.3 Å². The number of ether oxygens (including phenoxy) is 1. The van der Waals surface area contributed by atoms with Crippen molar-refractivity contribution in [3.63, 3.8) is 0 Å². The molecule has 0 saturated carbocycles. The Kier molecular flexibility index (Phi) is 5.54. The van der Waals surface area contributed by atoms with Crippen molar-refractivity contribution in [2.75, 3.05) is 6.61 Å². The summed E-state index contributed by atoms with van der Waals surface area (Å²) >= 11 is 0. The summed E-state index contributed by atoms with van der Waals surface area (Å²) in [4.78, 5) is 22.5. The highest BCUT2D eigenvalue weighted by Crippen LogP contribution is 2.19. The van der Waals surface area contributed by atoms with E-state index in [0.29, 0.717) is 5.56 Å². The summed E-state index contributed by atoms with van der Waals surface area (Å²) in [6, 6.07) is 7.76. The Labute approximate surface area is 113 Å². The highest BCUT2D eigenvalue weighted by atomic mass is 19.4. The van der Waals surface area contributed by atoms with Gasteiger partial charge in [-0.3, -0.25) is 9.59 Å². The average molecular weight is 289 g/mol. The highest BCUT2D eigenvalue weighted by molar-refractivity contribution is 5.76. The van der Waals surface area contributed by atoms with Gasteiger partial charge in [0.15, 0.2) is 6.61 Å². The quantitative estimate of drug-likeness (QED) is 0.847. The Hall–Kier alpha value is -2.05. The first-order chi connectivity index (χ1) is 9.28. The van der Waals surface area contributed by atoms with Gasteiger partial charge in [-0.25, -0.2) is 0 Å². The van der Waals surface area contributed by atoms with E-state index < -0.39 is 24.8 Å². The molecule has 0 aliphatic carbocycles. The molecule has 0 radical (unpaired) electrons. The first-order valence-corrected chi connectivity index (χ1v) is 5.82. The molecule has 1 aromatic rings. The van der Waals surface area contributed by atoms with E-state index >= 15 is 0 Å². The summed E-state index contributed by atoms with van der Waals surface area (Å²) in [5, 5.41) is 2.50. The Morgan fingerprint density at radius 3 is 2.35 bits per heavy atom. The maximum absolute atomic E-state index is 11.9. The second-order valence-corrected chi connectivity index (χ2v) is 4.14. The molecule has 7 heteroatoms. The Balaban J connectivity index is 2.66. The van der Waals surface area contributed by atoms with Crippen molar-refractivity contribution in [1.29, 1.82) is 0 Å². The summed E-state index contributed by atoms with van der Waals surface area (Å²) in [6.07, 6.45) is -4.93. The number of esters is 1. The molecular weight excluding hydrogens is 275 g/mol. The van der Waals surface area contributed by atoms with E-state index in [1.807, 2.05) is 0 Å². The minimum Gasteiger partial charge on any atom is -0.456 e. The number of rotatable bonds is 5. The second kappa shape index (κ2) is 6.93. The van der Waals surface area contributed by atoms with Crippen LogP contribution in [0.4, 0.5) is 13.2 Å². The van der Waals surface area contributed by atoms with Crippen LogP contribution < -0.4 is 5.32 Å². The lowest BCUT2D eigenvalue weighted by molar-refractivity contribution is -0.186. The van der Waals surface area contributed by atoms with Crippen LogP contribution in [0.2, 0.25) is 0 Å². The van der Waals surface area contributed by atoms with Crippen molar-refractivity contribution >= 4 is 11.9 Å². The molecule has 0 fully saturated rings. The number of carbonyl (C=O) groups excluding carboxylic acids is 2. The van der Waals surface area contributed by atoms with E-state index in [2.05, 4.69) is 10.1 Å². The number of amides is 1. The molecule has 0 aromatic heterocycles. The van der Waals surface area contributed by atoms with Crippen LogP contribution in [0.25, 0.3) is 0 Å². The monoisotopic (exact) mass is 289 g/mol. The molecular formula is C13H14F3NO3. The SMILES string of the molecule is CC(=O)N[C@H](CC(=O)OCC(F)(F)F)c1ccccc1. The topological polar surface area (TPSA) is 55.4 Å². The van der Waals surface area contributed by atoms with Gasteiger partial charge < -0.3 is 10.1 Å². The zero-order valence-electron chi connectivity index (χ0n) is 10.7. The van der Waals surface area contributed by atoms with Gasteiger partial charge in [0.1, 0.15) is 0 Å². The van der Waals surface area contributed by atoms with Crippen LogP contribution in [0.1, 0.15) is 24.9 Å². The molecule has 0 spiro atoms. The lowest BCUT2D eigenvalue weighted by Crippen LogP contribution is -2.29. The van der Waals surface area contributed by atoms with E-state index in [4.69, 9.17) is 0 Å². The molecule has 0 bridgehead atoms. The number of hydrogen-bond donors (Lipinski definition) is 1. The molecule has 1 amide bonds. The van der Waals surface area contributed by atoms with Crippen LogP contribution >= 0.6 is 0 Å². The van der Waals surface area contributed by atoms with Crippen molar-refractivity contribution in [2.24, 2.45) is 0 Å². The summed E-state index contributed by atoms with van der Waals surface area (Å²) in [5.74, 6) is -1.41. The predicted octanol–water partition coefficient (Wildman–Crippen LogP) is 2.36. The molecule has 4 nitrogen and oxygen atoms in total. The van der Waals surface area contributed by atoms with Gasteiger partial charge in [-0.05, 0) is 5.56 Å². The van der Waals surface area contributed by atoms with E-state index in [1.54, 1.807) is 30.3 Å². The van der Waals surface area contributed by atoms with Gasteiger partial charge in [-0.2, -0.15) is 13.2 Å². The molecule has 0 saturated heterocycles. The van der Waals surface area contributed by atoms with Crippen LogP contribution in [-0.4, -0.2) is 24.7 Å².